The van der Waals surface area contributed by atoms with Crippen LogP contribution in [0.5, 0.6) is 0 Å². The van der Waals surface area contributed by atoms with Crippen LogP contribution in [0.3, 0.4) is 0 Å². The normalized spacial score (nSPS) is 19.5. The van der Waals surface area contributed by atoms with Crippen molar-refractivity contribution in [3.63, 3.8) is 0 Å². The number of thioether (sulfide) groups is 1. The number of nitrogens with zero attached hydrogens (tertiary/aromatic N) is 2. The van der Waals surface area contributed by atoms with E-state index < -0.39 is 10.0 Å². The summed E-state index contributed by atoms with van der Waals surface area (Å²) < 4.78 is 26.3. The summed E-state index contributed by atoms with van der Waals surface area (Å²) in [6, 6.07) is 0. The molecule has 21 heavy (non-hydrogen) atoms. The van der Waals surface area contributed by atoms with Crippen LogP contribution in [0.25, 0.3) is 0 Å². The van der Waals surface area contributed by atoms with Gasteiger partial charge in [0.25, 0.3) is 10.0 Å². The van der Waals surface area contributed by atoms with E-state index in [-0.39, 0.29) is 9.77 Å². The molecule has 9 heteroatoms. The molecule has 0 bridgehead atoms. The number of nitrogens with two attached hydrogens (primary N) is 1. The Balaban J connectivity index is 2.16. The second-order valence-corrected chi connectivity index (χ2v) is 8.55. The van der Waals surface area contributed by atoms with Crippen LogP contribution in [-0.2, 0) is 16.4 Å². The molecular weight excluding hydrogens is 328 g/mol. The molecule has 6 nitrogen and oxygen atoms in total. The smallest absolute Gasteiger partial charge is 0.260 e. The van der Waals surface area contributed by atoms with Gasteiger partial charge in [-0.25, -0.2) is 13.4 Å². The van der Waals surface area contributed by atoms with Crippen LogP contribution >= 0.6 is 24.0 Å². The predicted octanol–water partition coefficient (Wildman–Crippen LogP) is 1.14. The van der Waals surface area contributed by atoms with Gasteiger partial charge in [0, 0.05) is 19.5 Å². The van der Waals surface area contributed by atoms with Crippen molar-refractivity contribution in [1.29, 1.82) is 0 Å². The Hall–Kier alpha value is -0.640. The third kappa shape index (κ3) is 3.10. The number of hydrogen-bond acceptors (Lipinski definition) is 5. The minimum atomic E-state index is -3.51. The summed E-state index contributed by atoms with van der Waals surface area (Å²) in [6.07, 6.45) is 5.30. The van der Waals surface area contributed by atoms with Crippen molar-refractivity contribution in [2.24, 2.45) is 5.73 Å². The summed E-state index contributed by atoms with van der Waals surface area (Å²) in [5.74, 6) is 0.673. The first-order valence-electron chi connectivity index (χ1n) is 6.75. The van der Waals surface area contributed by atoms with E-state index in [1.54, 1.807) is 11.8 Å². The minimum Gasteiger partial charge on any atom is -0.392 e. The first kappa shape index (κ1) is 16.7. The van der Waals surface area contributed by atoms with Gasteiger partial charge >= 0.3 is 0 Å². The SMILES string of the molecule is CCc1ncc(S(=O)(=O)N2CCC(SC)(C(N)=S)CC2)[nH]1. The van der Waals surface area contributed by atoms with E-state index in [9.17, 15) is 8.42 Å². The van der Waals surface area contributed by atoms with Gasteiger partial charge in [0.15, 0.2) is 5.03 Å². The Bertz CT molecular complexity index is 618. The van der Waals surface area contributed by atoms with Crippen LogP contribution < -0.4 is 5.73 Å². The molecule has 2 heterocycles. The Morgan fingerprint density at radius 3 is 2.62 bits per heavy atom. The Kier molecular flexibility index (Phi) is 4.96. The molecule has 1 saturated heterocycles. The number of piperidine rings is 1. The number of rotatable bonds is 5. The van der Waals surface area contributed by atoms with E-state index in [4.69, 9.17) is 18.0 Å². The number of hydrogen-bond donors (Lipinski definition) is 2. The average molecular weight is 349 g/mol. The lowest BCUT2D eigenvalue weighted by molar-refractivity contribution is 0.332. The molecule has 1 aliphatic rings. The molecule has 1 fully saturated rings. The molecule has 3 N–H and O–H groups in total. The van der Waals surface area contributed by atoms with Crippen LogP contribution in [0, 0.1) is 0 Å². The molecule has 1 aliphatic heterocycles. The van der Waals surface area contributed by atoms with Gasteiger partial charge in [-0.05, 0) is 19.1 Å². The van der Waals surface area contributed by atoms with Gasteiger partial charge in [0.05, 0.1) is 15.9 Å². The summed E-state index contributed by atoms with van der Waals surface area (Å²) >= 11 is 6.75. The van der Waals surface area contributed by atoms with Crippen LogP contribution in [0.15, 0.2) is 11.2 Å². The zero-order chi connectivity index (χ0) is 15.7. The first-order valence-corrected chi connectivity index (χ1v) is 9.82. The summed E-state index contributed by atoms with van der Waals surface area (Å²) in [5, 5.41) is 0.159. The molecule has 0 amide bonds. The molecule has 0 atom stereocenters. The lowest BCUT2D eigenvalue weighted by atomic mass is 9.97. The van der Waals surface area contributed by atoms with Crippen molar-refractivity contribution < 1.29 is 8.42 Å². The van der Waals surface area contributed by atoms with Crippen molar-refractivity contribution in [2.45, 2.75) is 36.0 Å². The Labute approximate surface area is 134 Å². The van der Waals surface area contributed by atoms with Crippen LogP contribution in [0.4, 0.5) is 0 Å². The third-order valence-corrected chi connectivity index (χ3v) is 7.67. The highest BCUT2D eigenvalue weighted by Gasteiger charge is 2.40. The third-order valence-electron chi connectivity index (χ3n) is 3.93. The van der Waals surface area contributed by atoms with Crippen molar-refractivity contribution >= 4 is 39.0 Å². The second-order valence-electron chi connectivity index (χ2n) is 5.01. The second kappa shape index (κ2) is 6.23. The summed E-state index contributed by atoms with van der Waals surface area (Å²) in [7, 11) is -3.51. The van der Waals surface area contributed by atoms with Gasteiger partial charge in [0.2, 0.25) is 0 Å². The van der Waals surface area contributed by atoms with E-state index in [0.29, 0.717) is 43.2 Å². The van der Waals surface area contributed by atoms with Crippen molar-refractivity contribution in [2.75, 3.05) is 19.3 Å². The van der Waals surface area contributed by atoms with Crippen LogP contribution in [0.2, 0.25) is 0 Å². The molecule has 1 aromatic rings. The number of aryl methyl sites for hydroxylation is 1. The largest absolute Gasteiger partial charge is 0.392 e. The van der Waals surface area contributed by atoms with Gasteiger partial charge in [-0.3, -0.25) is 0 Å². The lowest BCUT2D eigenvalue weighted by Crippen LogP contribution is -2.50. The molecular formula is C12H20N4O2S3. The summed E-state index contributed by atoms with van der Waals surface area (Å²) in [5.41, 5.74) is 5.83. The molecule has 1 aromatic heterocycles. The molecule has 0 saturated carbocycles. The number of aromatic nitrogens is 2. The minimum absolute atomic E-state index is 0.159. The van der Waals surface area contributed by atoms with Crippen molar-refractivity contribution in [1.82, 2.24) is 14.3 Å². The van der Waals surface area contributed by atoms with Crippen LogP contribution in [0.1, 0.15) is 25.6 Å². The summed E-state index contributed by atoms with van der Waals surface area (Å²) in [4.78, 5) is 7.38. The summed E-state index contributed by atoms with van der Waals surface area (Å²) in [6.45, 7) is 2.76. The predicted molar refractivity (Wildman–Crippen MR) is 89.0 cm³/mol. The van der Waals surface area contributed by atoms with E-state index in [1.807, 2.05) is 13.2 Å². The molecule has 0 spiro atoms. The lowest BCUT2D eigenvalue weighted by Gasteiger charge is -2.39. The maximum Gasteiger partial charge on any atom is 0.260 e. The maximum absolute atomic E-state index is 12.6. The molecule has 0 aromatic carbocycles. The standard InChI is InChI=1S/C12H20N4O2S3/c1-3-9-14-8-10(15-9)21(17,18)16-6-4-12(20-2,5-7-16)11(13)19/h8H,3-7H2,1-2H3,(H2,13,19)(H,14,15). The number of aromatic amines is 1. The van der Waals surface area contributed by atoms with E-state index in [0.717, 1.165) is 0 Å². The molecule has 0 unspecified atom stereocenters. The number of sulfonamides is 1. The highest BCUT2D eigenvalue weighted by molar-refractivity contribution is 8.02. The number of imidazole rings is 1. The topological polar surface area (TPSA) is 92.1 Å². The number of thiocarbonyl (C=S) groups is 1. The van der Waals surface area contributed by atoms with E-state index in [2.05, 4.69) is 9.97 Å². The first-order chi connectivity index (χ1) is 9.85. The molecule has 118 valence electrons. The van der Waals surface area contributed by atoms with Gasteiger partial charge in [0.1, 0.15) is 5.82 Å². The highest BCUT2D eigenvalue weighted by Crippen LogP contribution is 2.36. The quantitative estimate of drug-likeness (QED) is 0.776. The molecule has 2 rings (SSSR count). The fourth-order valence-electron chi connectivity index (χ4n) is 2.43. The molecule has 0 aliphatic carbocycles. The number of H-pyrrole nitrogens is 1. The molecule has 0 radical (unpaired) electrons. The van der Waals surface area contributed by atoms with Gasteiger partial charge in [-0.2, -0.15) is 16.1 Å². The number of nitrogens with one attached hydrogen (secondary N) is 1. The van der Waals surface area contributed by atoms with Crippen molar-refractivity contribution in [3.05, 3.63) is 12.0 Å². The van der Waals surface area contributed by atoms with Gasteiger partial charge < -0.3 is 10.7 Å². The Morgan fingerprint density at radius 1 is 1.57 bits per heavy atom. The van der Waals surface area contributed by atoms with Crippen molar-refractivity contribution in [3.8, 4) is 0 Å². The van der Waals surface area contributed by atoms with Gasteiger partial charge in [-0.1, -0.05) is 19.1 Å². The van der Waals surface area contributed by atoms with E-state index in [1.165, 1.54) is 10.5 Å². The maximum atomic E-state index is 12.6. The van der Waals surface area contributed by atoms with E-state index >= 15 is 0 Å². The zero-order valence-corrected chi connectivity index (χ0v) is 14.6. The average Bonchev–Trinajstić information content (AvgIpc) is 2.96. The fraction of sp³-hybridized carbons (Fsp3) is 0.667. The van der Waals surface area contributed by atoms with Gasteiger partial charge in [-0.15, -0.1) is 0 Å². The fourth-order valence-corrected chi connectivity index (χ4v) is 5.05. The highest BCUT2D eigenvalue weighted by atomic mass is 32.2. The monoisotopic (exact) mass is 348 g/mol. The zero-order valence-electron chi connectivity index (χ0n) is 12.1. The van der Waals surface area contributed by atoms with Crippen LogP contribution in [-0.4, -0.2) is 51.8 Å². The Morgan fingerprint density at radius 2 is 2.19 bits per heavy atom.